The molecule has 1 aromatic carbocycles. The van der Waals surface area contributed by atoms with Crippen LogP contribution < -0.4 is 5.32 Å². The van der Waals surface area contributed by atoms with Crippen molar-refractivity contribution in [1.82, 2.24) is 10.2 Å². The highest BCUT2D eigenvalue weighted by atomic mass is 32.2. The van der Waals surface area contributed by atoms with Crippen LogP contribution >= 0.6 is 11.8 Å². The fourth-order valence-electron chi connectivity index (χ4n) is 3.30. The molecule has 3 rings (SSSR count). The minimum absolute atomic E-state index is 0.0297. The molecule has 1 saturated carbocycles. The fourth-order valence-corrected chi connectivity index (χ4v) is 3.94. The molecule has 1 amide bonds. The lowest BCUT2D eigenvalue weighted by Gasteiger charge is -2.31. The predicted molar refractivity (Wildman–Crippen MR) is 88.4 cm³/mol. The summed E-state index contributed by atoms with van der Waals surface area (Å²) in [5.74, 6) is 1.28. The minimum atomic E-state index is -0.256. The van der Waals surface area contributed by atoms with Crippen molar-refractivity contribution in [3.63, 3.8) is 0 Å². The molecule has 2 atom stereocenters. The van der Waals surface area contributed by atoms with Crippen molar-refractivity contribution in [1.29, 1.82) is 0 Å². The lowest BCUT2D eigenvalue weighted by Crippen LogP contribution is -2.40. The number of thioether (sulfide) groups is 1. The van der Waals surface area contributed by atoms with E-state index in [-0.39, 0.29) is 17.7 Å². The van der Waals surface area contributed by atoms with Crippen molar-refractivity contribution in [3.8, 4) is 0 Å². The SMILES string of the molecule is CSCC(C)N1C(=O)C2(CC2)NC1c1cc(C)ccc1C. The number of nitrogens with zero attached hydrogens (tertiary/aromatic N) is 1. The molecule has 21 heavy (non-hydrogen) atoms. The van der Waals surface area contributed by atoms with Crippen molar-refractivity contribution < 1.29 is 4.79 Å². The van der Waals surface area contributed by atoms with E-state index < -0.39 is 0 Å². The summed E-state index contributed by atoms with van der Waals surface area (Å²) in [4.78, 5) is 14.9. The zero-order chi connectivity index (χ0) is 15.2. The number of carbonyl (C=O) groups excluding carboxylic acids is 1. The molecule has 1 aliphatic carbocycles. The van der Waals surface area contributed by atoms with Crippen LogP contribution in [0.15, 0.2) is 18.2 Å². The number of rotatable bonds is 4. The van der Waals surface area contributed by atoms with E-state index in [4.69, 9.17) is 0 Å². The van der Waals surface area contributed by atoms with E-state index in [1.165, 1.54) is 16.7 Å². The summed E-state index contributed by atoms with van der Waals surface area (Å²) in [7, 11) is 0. The van der Waals surface area contributed by atoms with Gasteiger partial charge in [0.1, 0.15) is 11.7 Å². The Balaban J connectivity index is 1.98. The fraction of sp³-hybridized carbons (Fsp3) is 0.588. The van der Waals surface area contributed by atoms with E-state index in [2.05, 4.69) is 55.4 Å². The van der Waals surface area contributed by atoms with Crippen molar-refractivity contribution in [2.75, 3.05) is 12.0 Å². The Kier molecular flexibility index (Phi) is 3.78. The molecule has 1 spiro atoms. The molecule has 0 aromatic heterocycles. The molecule has 2 unspecified atom stereocenters. The van der Waals surface area contributed by atoms with Gasteiger partial charge in [0, 0.05) is 11.8 Å². The first kappa shape index (κ1) is 14.9. The van der Waals surface area contributed by atoms with E-state index in [0.29, 0.717) is 5.91 Å². The largest absolute Gasteiger partial charge is 0.318 e. The van der Waals surface area contributed by atoms with Gasteiger partial charge >= 0.3 is 0 Å². The summed E-state index contributed by atoms with van der Waals surface area (Å²) < 4.78 is 0. The maximum Gasteiger partial charge on any atom is 0.244 e. The van der Waals surface area contributed by atoms with Crippen LogP contribution in [-0.2, 0) is 4.79 Å². The molecular formula is C17H24N2OS. The van der Waals surface area contributed by atoms with Crippen LogP contribution in [0.2, 0.25) is 0 Å². The normalized spacial score (nSPS) is 24.7. The second kappa shape index (κ2) is 5.33. The molecule has 1 aliphatic heterocycles. The van der Waals surface area contributed by atoms with Gasteiger partial charge in [-0.15, -0.1) is 0 Å². The standard InChI is InChI=1S/C17H24N2OS/c1-11-5-6-12(2)14(9-11)15-18-17(7-8-17)16(20)19(15)13(3)10-21-4/h5-6,9,13,15,18H,7-8,10H2,1-4H3. The van der Waals surface area contributed by atoms with Crippen LogP contribution in [0, 0.1) is 13.8 Å². The number of hydrogen-bond acceptors (Lipinski definition) is 3. The maximum absolute atomic E-state index is 12.8. The minimum Gasteiger partial charge on any atom is -0.318 e. The summed E-state index contributed by atoms with van der Waals surface area (Å²) in [5, 5.41) is 3.63. The van der Waals surface area contributed by atoms with Gasteiger partial charge in [0.15, 0.2) is 0 Å². The van der Waals surface area contributed by atoms with Crippen LogP contribution in [0.25, 0.3) is 0 Å². The lowest BCUT2D eigenvalue weighted by molar-refractivity contribution is -0.132. The van der Waals surface area contributed by atoms with Crippen molar-refractivity contribution in [2.24, 2.45) is 0 Å². The van der Waals surface area contributed by atoms with E-state index in [0.717, 1.165) is 18.6 Å². The van der Waals surface area contributed by atoms with Crippen LogP contribution in [0.4, 0.5) is 0 Å². The molecule has 4 heteroatoms. The van der Waals surface area contributed by atoms with Crippen LogP contribution in [0.1, 0.15) is 42.6 Å². The Morgan fingerprint density at radius 2 is 2.14 bits per heavy atom. The third-order valence-electron chi connectivity index (χ3n) is 4.70. The summed E-state index contributed by atoms with van der Waals surface area (Å²) in [6.07, 6.45) is 4.09. The first-order valence-electron chi connectivity index (χ1n) is 7.65. The summed E-state index contributed by atoms with van der Waals surface area (Å²) >= 11 is 1.80. The average molecular weight is 304 g/mol. The quantitative estimate of drug-likeness (QED) is 0.928. The van der Waals surface area contributed by atoms with Gasteiger partial charge in [-0.2, -0.15) is 11.8 Å². The van der Waals surface area contributed by atoms with Crippen molar-refractivity contribution >= 4 is 17.7 Å². The van der Waals surface area contributed by atoms with Gasteiger partial charge in [-0.05, 0) is 51.0 Å². The summed E-state index contributed by atoms with van der Waals surface area (Å²) in [5.41, 5.74) is 3.50. The number of aryl methyl sites for hydroxylation is 2. The Labute approximate surface area is 131 Å². The molecular weight excluding hydrogens is 280 g/mol. The first-order chi connectivity index (χ1) is 9.98. The maximum atomic E-state index is 12.8. The lowest BCUT2D eigenvalue weighted by atomic mass is 10.0. The number of carbonyl (C=O) groups is 1. The smallest absolute Gasteiger partial charge is 0.244 e. The third-order valence-corrected chi connectivity index (χ3v) is 5.51. The van der Waals surface area contributed by atoms with E-state index >= 15 is 0 Å². The monoisotopic (exact) mass is 304 g/mol. The molecule has 2 fully saturated rings. The van der Waals surface area contributed by atoms with E-state index in [9.17, 15) is 4.79 Å². The van der Waals surface area contributed by atoms with Gasteiger partial charge in [-0.25, -0.2) is 0 Å². The summed E-state index contributed by atoms with van der Waals surface area (Å²) in [6.45, 7) is 6.41. The average Bonchev–Trinajstić information content (AvgIpc) is 3.15. The zero-order valence-corrected chi connectivity index (χ0v) is 14.1. The molecule has 3 nitrogen and oxygen atoms in total. The Bertz CT molecular complexity index is 568. The van der Waals surface area contributed by atoms with Gasteiger partial charge < -0.3 is 4.90 Å². The molecule has 0 bridgehead atoms. The van der Waals surface area contributed by atoms with Gasteiger partial charge in [0.25, 0.3) is 0 Å². The Morgan fingerprint density at radius 1 is 1.43 bits per heavy atom. The van der Waals surface area contributed by atoms with Gasteiger partial charge in [-0.3, -0.25) is 10.1 Å². The topological polar surface area (TPSA) is 32.3 Å². The van der Waals surface area contributed by atoms with Crippen molar-refractivity contribution in [2.45, 2.75) is 51.4 Å². The molecule has 2 aliphatic rings. The predicted octanol–water partition coefficient (Wildman–Crippen LogP) is 3.02. The number of nitrogens with one attached hydrogen (secondary N) is 1. The van der Waals surface area contributed by atoms with E-state index in [1.807, 2.05) is 0 Å². The zero-order valence-electron chi connectivity index (χ0n) is 13.3. The summed E-state index contributed by atoms with van der Waals surface area (Å²) in [6, 6.07) is 6.77. The highest BCUT2D eigenvalue weighted by molar-refractivity contribution is 7.98. The van der Waals surface area contributed by atoms with Crippen molar-refractivity contribution in [3.05, 3.63) is 34.9 Å². The van der Waals surface area contributed by atoms with Gasteiger partial charge in [0.2, 0.25) is 5.91 Å². The molecule has 114 valence electrons. The highest BCUT2D eigenvalue weighted by Gasteiger charge is 2.60. The number of hydrogen-bond donors (Lipinski definition) is 1. The molecule has 1 aromatic rings. The second-order valence-corrected chi connectivity index (χ2v) is 7.42. The van der Waals surface area contributed by atoms with Gasteiger partial charge in [-0.1, -0.05) is 23.8 Å². The molecule has 1 saturated heterocycles. The van der Waals surface area contributed by atoms with Crippen LogP contribution in [-0.4, -0.2) is 34.4 Å². The highest BCUT2D eigenvalue weighted by Crippen LogP contribution is 2.47. The Morgan fingerprint density at radius 3 is 2.76 bits per heavy atom. The number of amides is 1. The number of benzene rings is 1. The molecule has 1 N–H and O–H groups in total. The van der Waals surface area contributed by atoms with Gasteiger partial charge in [0.05, 0.1) is 0 Å². The second-order valence-electron chi connectivity index (χ2n) is 6.51. The van der Waals surface area contributed by atoms with Crippen LogP contribution in [0.3, 0.4) is 0 Å². The first-order valence-corrected chi connectivity index (χ1v) is 9.04. The van der Waals surface area contributed by atoms with Crippen LogP contribution in [0.5, 0.6) is 0 Å². The molecule has 1 heterocycles. The third kappa shape index (κ3) is 2.49. The Hall–Kier alpha value is -1.00. The van der Waals surface area contributed by atoms with E-state index in [1.54, 1.807) is 11.8 Å². The molecule has 0 radical (unpaired) electrons.